The van der Waals surface area contributed by atoms with Crippen molar-refractivity contribution in [1.82, 2.24) is 14.7 Å². The highest BCUT2D eigenvalue weighted by molar-refractivity contribution is 8.26. The van der Waals surface area contributed by atoms with Gasteiger partial charge in [0.15, 0.2) is 0 Å². The van der Waals surface area contributed by atoms with Gasteiger partial charge in [0.2, 0.25) is 0 Å². The van der Waals surface area contributed by atoms with Crippen LogP contribution in [-0.4, -0.2) is 37.2 Å². The highest BCUT2D eigenvalue weighted by Crippen LogP contribution is 2.35. The van der Waals surface area contributed by atoms with Crippen LogP contribution >= 0.6 is 35.7 Å². The van der Waals surface area contributed by atoms with Crippen molar-refractivity contribution in [1.29, 1.82) is 0 Å². The van der Waals surface area contributed by atoms with Crippen molar-refractivity contribution in [3.8, 4) is 16.9 Å². The summed E-state index contributed by atoms with van der Waals surface area (Å²) in [6.45, 7) is 4.98. The van der Waals surface area contributed by atoms with Crippen LogP contribution in [0.3, 0.4) is 0 Å². The van der Waals surface area contributed by atoms with E-state index in [2.05, 4.69) is 38.1 Å². The van der Waals surface area contributed by atoms with Gasteiger partial charge in [0.1, 0.15) is 4.32 Å². The molecule has 1 aliphatic heterocycles. The van der Waals surface area contributed by atoms with E-state index in [4.69, 9.17) is 17.3 Å². The average molecular weight is 494 g/mol. The third-order valence-corrected chi connectivity index (χ3v) is 7.85. The number of carbonyl (C=O) groups is 1. The monoisotopic (exact) mass is 493 g/mol. The summed E-state index contributed by atoms with van der Waals surface area (Å²) in [4.78, 5) is 16.6. The molecule has 0 spiro atoms. The lowest BCUT2D eigenvalue weighted by molar-refractivity contribution is -0.122. The number of rotatable bonds is 9. The molecule has 0 radical (unpaired) electrons. The third kappa shape index (κ3) is 5.60. The van der Waals surface area contributed by atoms with E-state index in [1.807, 2.05) is 59.0 Å². The van der Waals surface area contributed by atoms with Gasteiger partial charge in [-0.15, -0.1) is 11.8 Å². The lowest BCUT2D eigenvalue weighted by atomic mass is 10.1. The first-order chi connectivity index (χ1) is 16.1. The molecule has 33 heavy (non-hydrogen) atoms. The summed E-state index contributed by atoms with van der Waals surface area (Å²) in [5.41, 5.74) is 3.76. The van der Waals surface area contributed by atoms with Crippen LogP contribution in [0.4, 0.5) is 0 Å². The number of hydrogen-bond donors (Lipinski definition) is 0. The molecule has 2 aromatic carbocycles. The molecule has 3 aromatic rings. The predicted molar refractivity (Wildman–Crippen MR) is 145 cm³/mol. The van der Waals surface area contributed by atoms with Gasteiger partial charge in [0.05, 0.1) is 16.3 Å². The fourth-order valence-corrected chi connectivity index (χ4v) is 5.58. The minimum atomic E-state index is -0.0109. The quantitative estimate of drug-likeness (QED) is 0.181. The molecule has 0 N–H and O–H groups in total. The second-order valence-electron chi connectivity index (χ2n) is 7.77. The Hall–Kier alpha value is -2.35. The van der Waals surface area contributed by atoms with Crippen LogP contribution in [0, 0.1) is 0 Å². The van der Waals surface area contributed by atoms with E-state index in [0.717, 1.165) is 47.5 Å². The number of thioether (sulfide) groups is 2. The van der Waals surface area contributed by atoms with Crippen molar-refractivity contribution < 1.29 is 4.79 Å². The fraction of sp³-hybridized carbons (Fsp3) is 0.269. The number of para-hydroxylation sites is 1. The van der Waals surface area contributed by atoms with Crippen LogP contribution in [-0.2, 0) is 4.79 Å². The zero-order valence-corrected chi connectivity index (χ0v) is 21.3. The molecule has 0 bridgehead atoms. The van der Waals surface area contributed by atoms with Crippen molar-refractivity contribution in [2.75, 3.05) is 12.3 Å². The number of benzene rings is 2. The van der Waals surface area contributed by atoms with E-state index in [9.17, 15) is 4.79 Å². The Bertz CT molecular complexity index is 1150. The molecular formula is C26H27N3OS3. The molecule has 7 heteroatoms. The van der Waals surface area contributed by atoms with Gasteiger partial charge in [-0.1, -0.05) is 74.6 Å². The lowest BCUT2D eigenvalue weighted by Crippen LogP contribution is -2.28. The van der Waals surface area contributed by atoms with Crippen molar-refractivity contribution in [2.45, 2.75) is 38.0 Å². The second kappa shape index (κ2) is 11.2. The van der Waals surface area contributed by atoms with E-state index in [1.54, 1.807) is 4.90 Å². The first-order valence-corrected chi connectivity index (χ1v) is 13.5. The maximum Gasteiger partial charge on any atom is 0.266 e. The first-order valence-electron chi connectivity index (χ1n) is 11.2. The average Bonchev–Trinajstić information content (AvgIpc) is 3.38. The van der Waals surface area contributed by atoms with E-state index in [-0.39, 0.29) is 5.91 Å². The largest absolute Gasteiger partial charge is 0.293 e. The SMILES string of the molecule is CCCCN1C(=O)/C(=C/c2cn(-c3ccccc3)nc2-c2ccc(SCCC)cc2)SC1=S. The van der Waals surface area contributed by atoms with Gasteiger partial charge in [-0.3, -0.25) is 9.69 Å². The first kappa shape index (κ1) is 23.8. The van der Waals surface area contributed by atoms with Crippen LogP contribution in [0.25, 0.3) is 23.0 Å². The second-order valence-corrected chi connectivity index (χ2v) is 10.6. The van der Waals surface area contributed by atoms with Gasteiger partial charge in [-0.2, -0.15) is 5.10 Å². The van der Waals surface area contributed by atoms with E-state index < -0.39 is 0 Å². The number of aromatic nitrogens is 2. The molecule has 1 aromatic heterocycles. The minimum absolute atomic E-state index is 0.0109. The molecule has 2 heterocycles. The number of unbranched alkanes of at least 4 members (excludes halogenated alkanes) is 1. The summed E-state index contributed by atoms with van der Waals surface area (Å²) in [6.07, 6.45) is 7.04. The van der Waals surface area contributed by atoms with E-state index in [0.29, 0.717) is 15.8 Å². The highest BCUT2D eigenvalue weighted by atomic mass is 32.2. The molecule has 0 unspecified atom stereocenters. The van der Waals surface area contributed by atoms with Crippen molar-refractivity contribution in [2.24, 2.45) is 0 Å². The molecule has 4 rings (SSSR count). The number of nitrogens with zero attached hydrogens (tertiary/aromatic N) is 3. The standard InChI is InChI=1S/C26H27N3OS3/c1-3-5-15-28-25(30)23(33-26(28)31)17-20-18-29(21-9-7-6-8-10-21)27-24(20)19-11-13-22(14-12-19)32-16-4-2/h6-14,17-18H,3-5,15-16H2,1-2H3/b23-17-. The van der Waals surface area contributed by atoms with Crippen molar-refractivity contribution in [3.63, 3.8) is 0 Å². The Morgan fingerprint density at radius 2 is 1.82 bits per heavy atom. The van der Waals surface area contributed by atoms with Gasteiger partial charge in [-0.25, -0.2) is 4.68 Å². The molecule has 0 aliphatic carbocycles. The van der Waals surface area contributed by atoms with Crippen LogP contribution in [0.5, 0.6) is 0 Å². The smallest absolute Gasteiger partial charge is 0.266 e. The number of hydrogen-bond acceptors (Lipinski definition) is 5. The van der Waals surface area contributed by atoms with Gasteiger partial charge in [0.25, 0.3) is 5.91 Å². The van der Waals surface area contributed by atoms with Gasteiger partial charge in [0, 0.05) is 28.8 Å². The summed E-state index contributed by atoms with van der Waals surface area (Å²) in [6, 6.07) is 18.5. The Morgan fingerprint density at radius 3 is 2.52 bits per heavy atom. The normalized spacial score (nSPS) is 15.1. The maximum absolute atomic E-state index is 13.0. The zero-order valence-electron chi connectivity index (χ0n) is 18.9. The molecule has 1 aliphatic rings. The van der Waals surface area contributed by atoms with Crippen molar-refractivity contribution in [3.05, 3.63) is 71.3 Å². The molecule has 0 saturated carbocycles. The molecule has 4 nitrogen and oxygen atoms in total. The Balaban J connectivity index is 1.71. The van der Waals surface area contributed by atoms with Gasteiger partial charge < -0.3 is 0 Å². The molecular weight excluding hydrogens is 467 g/mol. The molecule has 1 amide bonds. The van der Waals surface area contributed by atoms with Crippen LogP contribution < -0.4 is 0 Å². The molecule has 1 saturated heterocycles. The van der Waals surface area contributed by atoms with Crippen LogP contribution in [0.15, 0.2) is 70.6 Å². The molecule has 170 valence electrons. The Morgan fingerprint density at radius 1 is 1.06 bits per heavy atom. The minimum Gasteiger partial charge on any atom is -0.293 e. The van der Waals surface area contributed by atoms with E-state index in [1.165, 1.54) is 16.7 Å². The number of thiocarbonyl (C=S) groups is 1. The number of carbonyl (C=O) groups excluding carboxylic acids is 1. The van der Waals surface area contributed by atoms with Crippen molar-refractivity contribution >= 4 is 52.0 Å². The molecule has 1 fully saturated rings. The Kier molecular flexibility index (Phi) is 8.06. The summed E-state index contributed by atoms with van der Waals surface area (Å²) < 4.78 is 2.51. The predicted octanol–water partition coefficient (Wildman–Crippen LogP) is 7.04. The van der Waals surface area contributed by atoms with Gasteiger partial charge in [-0.05, 0) is 48.9 Å². The summed E-state index contributed by atoms with van der Waals surface area (Å²) >= 11 is 8.72. The van der Waals surface area contributed by atoms with Gasteiger partial charge >= 0.3 is 0 Å². The molecule has 0 atom stereocenters. The Labute approximate surface area is 209 Å². The summed E-state index contributed by atoms with van der Waals surface area (Å²) in [5, 5.41) is 4.90. The summed E-state index contributed by atoms with van der Waals surface area (Å²) in [7, 11) is 0. The van der Waals surface area contributed by atoms with Crippen LogP contribution in [0.2, 0.25) is 0 Å². The number of amides is 1. The van der Waals surface area contributed by atoms with E-state index >= 15 is 0 Å². The highest BCUT2D eigenvalue weighted by Gasteiger charge is 2.31. The van der Waals surface area contributed by atoms with Crippen LogP contribution in [0.1, 0.15) is 38.7 Å². The fourth-order valence-electron chi connectivity index (χ4n) is 3.51. The lowest BCUT2D eigenvalue weighted by Gasteiger charge is -2.12. The topological polar surface area (TPSA) is 38.1 Å². The summed E-state index contributed by atoms with van der Waals surface area (Å²) in [5.74, 6) is 1.09. The third-order valence-electron chi connectivity index (χ3n) is 5.26. The maximum atomic E-state index is 13.0. The zero-order chi connectivity index (χ0) is 23.2.